The molecule has 1 aromatic heterocycles. The number of nitrogens with zero attached hydrogens (tertiary/aromatic N) is 1. The molecule has 1 heterocycles. The van der Waals surface area contributed by atoms with Crippen LogP contribution >= 0.6 is 11.3 Å². The summed E-state index contributed by atoms with van der Waals surface area (Å²) in [5.41, 5.74) is 1.55. The van der Waals surface area contributed by atoms with E-state index in [0.29, 0.717) is 13.0 Å². The first-order valence-electron chi connectivity index (χ1n) is 6.35. The number of carbonyl (C=O) groups excluding carboxylic acids is 1. The van der Waals surface area contributed by atoms with Crippen LogP contribution in [0, 0.1) is 0 Å². The van der Waals surface area contributed by atoms with E-state index in [1.807, 2.05) is 49.6 Å². The summed E-state index contributed by atoms with van der Waals surface area (Å²) >= 11 is 1.55. The number of ketones is 1. The van der Waals surface area contributed by atoms with E-state index >= 15 is 0 Å². The third-order valence-corrected chi connectivity index (χ3v) is 3.83. The summed E-state index contributed by atoms with van der Waals surface area (Å²) in [4.78, 5) is 16.5. The second-order valence-corrected chi connectivity index (χ2v) is 5.13. The molecule has 0 amide bonds. The summed E-state index contributed by atoms with van der Waals surface area (Å²) in [6.45, 7) is 4.61. The standard InChI is InChI=1S/C15H17NO2S/c1-3-18-11(2)15-16-13(10-19-15)9-14(17)12-7-5-4-6-8-12/h4-8,10-11H,3,9H2,1-2H3. The SMILES string of the molecule is CCOC(C)c1nc(CC(=O)c2ccccc2)cs1. The van der Waals surface area contributed by atoms with Crippen LogP contribution in [0.15, 0.2) is 35.7 Å². The fraction of sp³-hybridized carbons (Fsp3) is 0.333. The van der Waals surface area contributed by atoms with Crippen molar-refractivity contribution < 1.29 is 9.53 Å². The van der Waals surface area contributed by atoms with Crippen molar-refractivity contribution in [3.05, 3.63) is 52.0 Å². The molecule has 4 heteroatoms. The Morgan fingerprint density at radius 3 is 2.79 bits per heavy atom. The molecule has 2 aromatic rings. The molecule has 2 rings (SSSR count). The van der Waals surface area contributed by atoms with E-state index in [0.717, 1.165) is 16.3 Å². The average molecular weight is 275 g/mol. The normalized spacial score (nSPS) is 12.3. The molecule has 1 atom stereocenters. The minimum absolute atomic E-state index is 0.00410. The summed E-state index contributed by atoms with van der Waals surface area (Å²) < 4.78 is 5.49. The fourth-order valence-corrected chi connectivity index (χ4v) is 2.62. The summed E-state index contributed by atoms with van der Waals surface area (Å²) in [6.07, 6.45) is 0.342. The molecule has 0 saturated carbocycles. The zero-order valence-corrected chi connectivity index (χ0v) is 11.9. The van der Waals surface area contributed by atoms with Gasteiger partial charge >= 0.3 is 0 Å². The number of hydrogen-bond donors (Lipinski definition) is 0. The zero-order valence-electron chi connectivity index (χ0n) is 11.1. The second kappa shape index (κ2) is 6.59. The highest BCUT2D eigenvalue weighted by Crippen LogP contribution is 2.21. The van der Waals surface area contributed by atoms with E-state index < -0.39 is 0 Å². The van der Waals surface area contributed by atoms with Crippen molar-refractivity contribution in [3.63, 3.8) is 0 Å². The molecule has 0 aliphatic heterocycles. The Kier molecular flexibility index (Phi) is 4.82. The van der Waals surface area contributed by atoms with Gasteiger partial charge in [-0.3, -0.25) is 4.79 Å². The molecule has 0 fully saturated rings. The Morgan fingerprint density at radius 2 is 2.11 bits per heavy atom. The van der Waals surface area contributed by atoms with Gasteiger partial charge in [0.25, 0.3) is 0 Å². The number of ether oxygens (including phenoxy) is 1. The molecular formula is C15H17NO2S. The topological polar surface area (TPSA) is 39.2 Å². The van der Waals surface area contributed by atoms with Gasteiger partial charge in [0.05, 0.1) is 12.1 Å². The van der Waals surface area contributed by atoms with Crippen LogP contribution < -0.4 is 0 Å². The zero-order chi connectivity index (χ0) is 13.7. The predicted molar refractivity (Wildman–Crippen MR) is 76.6 cm³/mol. The van der Waals surface area contributed by atoms with Gasteiger partial charge in [0.2, 0.25) is 0 Å². The maximum absolute atomic E-state index is 12.1. The number of Topliss-reactive ketones (excluding diaryl/α,β-unsaturated/α-hetero) is 1. The largest absolute Gasteiger partial charge is 0.372 e. The second-order valence-electron chi connectivity index (χ2n) is 4.24. The lowest BCUT2D eigenvalue weighted by Gasteiger charge is -2.06. The van der Waals surface area contributed by atoms with Crippen LogP contribution in [-0.2, 0) is 11.2 Å². The first-order valence-corrected chi connectivity index (χ1v) is 7.22. The Labute approximate surface area is 117 Å². The predicted octanol–water partition coefficient (Wildman–Crippen LogP) is 3.67. The molecule has 100 valence electrons. The van der Waals surface area contributed by atoms with Crippen molar-refractivity contribution in [2.24, 2.45) is 0 Å². The minimum atomic E-state index is -0.00410. The van der Waals surface area contributed by atoms with Crippen LogP contribution in [-0.4, -0.2) is 17.4 Å². The van der Waals surface area contributed by atoms with Gasteiger partial charge in [-0.05, 0) is 13.8 Å². The Bertz CT molecular complexity index is 536. The third-order valence-electron chi connectivity index (χ3n) is 2.77. The van der Waals surface area contributed by atoms with E-state index in [-0.39, 0.29) is 11.9 Å². The lowest BCUT2D eigenvalue weighted by Crippen LogP contribution is -2.04. The van der Waals surface area contributed by atoms with Crippen molar-refractivity contribution in [1.82, 2.24) is 4.98 Å². The molecule has 0 aliphatic rings. The van der Waals surface area contributed by atoms with Gasteiger partial charge in [-0.1, -0.05) is 30.3 Å². The number of thiazole rings is 1. The quantitative estimate of drug-likeness (QED) is 0.755. The monoisotopic (exact) mass is 275 g/mol. The highest BCUT2D eigenvalue weighted by atomic mass is 32.1. The molecule has 1 unspecified atom stereocenters. The summed E-state index contributed by atoms with van der Waals surface area (Å²) in [5.74, 6) is 0.0986. The molecule has 1 aromatic carbocycles. The number of rotatable bonds is 6. The van der Waals surface area contributed by atoms with Crippen LogP contribution in [0.5, 0.6) is 0 Å². The lowest BCUT2D eigenvalue weighted by molar-refractivity contribution is 0.0760. The average Bonchev–Trinajstić information content (AvgIpc) is 2.88. The smallest absolute Gasteiger partial charge is 0.168 e. The van der Waals surface area contributed by atoms with Crippen LogP contribution in [0.25, 0.3) is 0 Å². The van der Waals surface area contributed by atoms with Gasteiger partial charge in [-0.2, -0.15) is 0 Å². The maximum Gasteiger partial charge on any atom is 0.168 e. The molecular weight excluding hydrogens is 258 g/mol. The van der Waals surface area contributed by atoms with Crippen LogP contribution in [0.3, 0.4) is 0 Å². The highest BCUT2D eigenvalue weighted by Gasteiger charge is 2.13. The highest BCUT2D eigenvalue weighted by molar-refractivity contribution is 7.09. The molecule has 3 nitrogen and oxygen atoms in total. The van der Waals surface area contributed by atoms with Crippen molar-refractivity contribution >= 4 is 17.1 Å². The number of benzene rings is 1. The minimum Gasteiger partial charge on any atom is -0.372 e. The van der Waals surface area contributed by atoms with Gasteiger partial charge in [0.1, 0.15) is 11.1 Å². The van der Waals surface area contributed by atoms with Crippen LogP contribution in [0.1, 0.15) is 41.0 Å². The van der Waals surface area contributed by atoms with E-state index in [4.69, 9.17) is 4.74 Å². The summed E-state index contributed by atoms with van der Waals surface area (Å²) in [5, 5.41) is 2.86. The Balaban J connectivity index is 2.02. The van der Waals surface area contributed by atoms with Gasteiger partial charge in [0.15, 0.2) is 5.78 Å². The lowest BCUT2D eigenvalue weighted by atomic mass is 10.1. The maximum atomic E-state index is 12.1. The van der Waals surface area contributed by atoms with Crippen LogP contribution in [0.2, 0.25) is 0 Å². The van der Waals surface area contributed by atoms with Crippen molar-refractivity contribution in [2.75, 3.05) is 6.61 Å². The van der Waals surface area contributed by atoms with E-state index in [1.54, 1.807) is 11.3 Å². The van der Waals surface area contributed by atoms with E-state index in [1.165, 1.54) is 0 Å². The van der Waals surface area contributed by atoms with Gasteiger partial charge in [-0.25, -0.2) is 4.98 Å². The van der Waals surface area contributed by atoms with Gasteiger partial charge in [-0.15, -0.1) is 11.3 Å². The molecule has 19 heavy (non-hydrogen) atoms. The molecule has 0 N–H and O–H groups in total. The first kappa shape index (κ1) is 13.9. The number of aromatic nitrogens is 1. The third kappa shape index (κ3) is 3.72. The number of carbonyl (C=O) groups is 1. The molecule has 0 bridgehead atoms. The molecule has 0 radical (unpaired) electrons. The first-order chi connectivity index (χ1) is 9.20. The summed E-state index contributed by atoms with van der Waals surface area (Å²) in [7, 11) is 0. The molecule has 0 aliphatic carbocycles. The fourth-order valence-electron chi connectivity index (χ4n) is 1.80. The van der Waals surface area contributed by atoms with E-state index in [2.05, 4.69) is 4.98 Å². The van der Waals surface area contributed by atoms with Crippen molar-refractivity contribution in [2.45, 2.75) is 26.4 Å². The van der Waals surface area contributed by atoms with Crippen molar-refractivity contribution in [1.29, 1.82) is 0 Å². The molecule has 0 spiro atoms. The van der Waals surface area contributed by atoms with E-state index in [9.17, 15) is 4.79 Å². The Morgan fingerprint density at radius 1 is 1.37 bits per heavy atom. The van der Waals surface area contributed by atoms with Crippen molar-refractivity contribution in [3.8, 4) is 0 Å². The summed E-state index contributed by atoms with van der Waals surface area (Å²) in [6, 6.07) is 9.31. The number of hydrogen-bond acceptors (Lipinski definition) is 4. The Hall–Kier alpha value is -1.52. The van der Waals surface area contributed by atoms with Gasteiger partial charge < -0.3 is 4.74 Å². The van der Waals surface area contributed by atoms with Gasteiger partial charge in [0, 0.05) is 17.6 Å². The molecule has 0 saturated heterocycles. The van der Waals surface area contributed by atoms with Crippen LogP contribution in [0.4, 0.5) is 0 Å².